The van der Waals surface area contributed by atoms with E-state index in [2.05, 4.69) is 41.6 Å². The van der Waals surface area contributed by atoms with Crippen LogP contribution in [0.2, 0.25) is 0 Å². The van der Waals surface area contributed by atoms with Crippen LogP contribution in [0.4, 0.5) is 0 Å². The average molecular weight is 291 g/mol. The SMILES string of the molecule is Cc1ccc(-c2nc(CCN)cs2)cc1.Cl.Cl. The highest BCUT2D eigenvalue weighted by Gasteiger charge is 2.03. The molecule has 0 aliphatic heterocycles. The van der Waals surface area contributed by atoms with E-state index in [-0.39, 0.29) is 24.8 Å². The third-order valence-corrected chi connectivity index (χ3v) is 3.19. The molecule has 0 saturated heterocycles. The van der Waals surface area contributed by atoms with E-state index in [9.17, 15) is 0 Å². The second-order valence-electron chi connectivity index (χ2n) is 3.55. The number of nitrogens with two attached hydrogens (primary N) is 1. The molecule has 0 atom stereocenters. The van der Waals surface area contributed by atoms with E-state index in [0.717, 1.165) is 17.1 Å². The van der Waals surface area contributed by atoms with Gasteiger partial charge >= 0.3 is 0 Å². The molecule has 2 aromatic rings. The molecule has 5 heteroatoms. The Hall–Kier alpha value is -0.610. The van der Waals surface area contributed by atoms with Crippen molar-refractivity contribution in [1.82, 2.24) is 4.98 Å². The zero-order valence-corrected chi connectivity index (χ0v) is 12.0. The van der Waals surface area contributed by atoms with Crippen LogP contribution in [0.25, 0.3) is 10.6 Å². The summed E-state index contributed by atoms with van der Waals surface area (Å²) in [5.74, 6) is 0. The highest BCUT2D eigenvalue weighted by molar-refractivity contribution is 7.13. The van der Waals surface area contributed by atoms with Crippen molar-refractivity contribution in [3.05, 3.63) is 40.9 Å². The molecule has 0 saturated carbocycles. The number of rotatable bonds is 3. The van der Waals surface area contributed by atoms with Gasteiger partial charge < -0.3 is 5.73 Å². The third-order valence-electron chi connectivity index (χ3n) is 2.25. The Labute approximate surface area is 118 Å². The number of benzene rings is 1. The lowest BCUT2D eigenvalue weighted by molar-refractivity contribution is 0.936. The van der Waals surface area contributed by atoms with E-state index < -0.39 is 0 Å². The first kappa shape index (κ1) is 16.4. The lowest BCUT2D eigenvalue weighted by Gasteiger charge is -1.96. The molecule has 0 aliphatic rings. The van der Waals surface area contributed by atoms with Gasteiger partial charge in [0.2, 0.25) is 0 Å². The Morgan fingerprint density at radius 1 is 1.18 bits per heavy atom. The van der Waals surface area contributed by atoms with Gasteiger partial charge in [-0.2, -0.15) is 0 Å². The number of hydrogen-bond donors (Lipinski definition) is 1. The molecule has 0 aliphatic carbocycles. The summed E-state index contributed by atoms with van der Waals surface area (Å²) in [6.07, 6.45) is 0.863. The summed E-state index contributed by atoms with van der Waals surface area (Å²) in [5, 5.41) is 3.17. The fraction of sp³-hybridized carbons (Fsp3) is 0.250. The molecule has 2 rings (SSSR count). The standard InChI is InChI=1S/C12H14N2S.2ClH/c1-9-2-4-10(5-3-9)12-14-11(6-7-13)8-15-12;;/h2-5,8H,6-7,13H2,1H3;2*1H. The monoisotopic (exact) mass is 290 g/mol. The van der Waals surface area contributed by atoms with Crippen LogP contribution in [0.3, 0.4) is 0 Å². The molecule has 1 heterocycles. The predicted octanol–water partition coefficient (Wildman–Crippen LogP) is 3.46. The van der Waals surface area contributed by atoms with Gasteiger partial charge in [0.15, 0.2) is 0 Å². The zero-order chi connectivity index (χ0) is 10.7. The Bertz CT molecular complexity index is 440. The Balaban J connectivity index is 0.00000128. The van der Waals surface area contributed by atoms with E-state index in [1.54, 1.807) is 11.3 Å². The highest BCUT2D eigenvalue weighted by Crippen LogP contribution is 2.23. The molecule has 0 amide bonds. The van der Waals surface area contributed by atoms with Crippen LogP contribution < -0.4 is 5.73 Å². The first-order valence-electron chi connectivity index (χ1n) is 5.01. The molecular weight excluding hydrogens is 275 g/mol. The van der Waals surface area contributed by atoms with E-state index >= 15 is 0 Å². The first-order valence-corrected chi connectivity index (χ1v) is 5.89. The summed E-state index contributed by atoms with van der Waals surface area (Å²) >= 11 is 1.68. The largest absolute Gasteiger partial charge is 0.330 e. The van der Waals surface area contributed by atoms with Crippen LogP contribution >= 0.6 is 36.2 Å². The van der Waals surface area contributed by atoms with Crippen molar-refractivity contribution in [3.8, 4) is 10.6 Å². The van der Waals surface area contributed by atoms with Crippen LogP contribution in [-0.2, 0) is 6.42 Å². The smallest absolute Gasteiger partial charge is 0.123 e. The quantitative estimate of drug-likeness (QED) is 0.940. The molecule has 1 aromatic carbocycles. The van der Waals surface area contributed by atoms with E-state index in [0.29, 0.717) is 6.54 Å². The number of aromatic nitrogens is 1. The minimum absolute atomic E-state index is 0. The maximum Gasteiger partial charge on any atom is 0.123 e. The van der Waals surface area contributed by atoms with Crippen molar-refractivity contribution in [2.24, 2.45) is 5.73 Å². The summed E-state index contributed by atoms with van der Waals surface area (Å²) in [7, 11) is 0. The van der Waals surface area contributed by atoms with Gasteiger partial charge in [0.05, 0.1) is 5.69 Å². The predicted molar refractivity (Wildman–Crippen MR) is 79.5 cm³/mol. The van der Waals surface area contributed by atoms with Crippen LogP contribution in [-0.4, -0.2) is 11.5 Å². The molecule has 0 unspecified atom stereocenters. The van der Waals surface area contributed by atoms with Gasteiger partial charge in [0.25, 0.3) is 0 Å². The normalized spacial score (nSPS) is 9.29. The molecule has 0 fully saturated rings. The molecule has 0 radical (unpaired) electrons. The van der Waals surface area contributed by atoms with Crippen molar-refractivity contribution >= 4 is 36.2 Å². The summed E-state index contributed by atoms with van der Waals surface area (Å²) in [4.78, 5) is 4.54. The summed E-state index contributed by atoms with van der Waals surface area (Å²) in [5.41, 5.74) is 9.05. The number of halogens is 2. The van der Waals surface area contributed by atoms with Crippen molar-refractivity contribution < 1.29 is 0 Å². The van der Waals surface area contributed by atoms with Crippen LogP contribution in [0, 0.1) is 6.92 Å². The molecule has 94 valence electrons. The number of aryl methyl sites for hydroxylation is 1. The minimum atomic E-state index is 0. The summed E-state index contributed by atoms with van der Waals surface area (Å²) < 4.78 is 0. The van der Waals surface area contributed by atoms with Crippen LogP contribution in [0.1, 0.15) is 11.3 Å². The number of hydrogen-bond acceptors (Lipinski definition) is 3. The molecule has 1 aromatic heterocycles. The van der Waals surface area contributed by atoms with E-state index in [4.69, 9.17) is 5.73 Å². The molecule has 2 nitrogen and oxygen atoms in total. The maximum absolute atomic E-state index is 5.49. The van der Waals surface area contributed by atoms with Crippen molar-refractivity contribution in [3.63, 3.8) is 0 Å². The number of nitrogens with zero attached hydrogens (tertiary/aromatic N) is 1. The fourth-order valence-corrected chi connectivity index (χ4v) is 2.26. The van der Waals surface area contributed by atoms with Gasteiger partial charge in [-0.1, -0.05) is 29.8 Å². The molecular formula is C12H16Cl2N2S. The maximum atomic E-state index is 5.49. The third kappa shape index (κ3) is 4.28. The lowest BCUT2D eigenvalue weighted by atomic mass is 10.2. The Kier molecular flexibility index (Phi) is 7.39. The zero-order valence-electron chi connectivity index (χ0n) is 9.55. The first-order chi connectivity index (χ1) is 7.29. The van der Waals surface area contributed by atoms with Crippen molar-refractivity contribution in [2.45, 2.75) is 13.3 Å². The summed E-state index contributed by atoms with van der Waals surface area (Å²) in [6.45, 7) is 2.75. The second-order valence-corrected chi connectivity index (χ2v) is 4.41. The van der Waals surface area contributed by atoms with Gasteiger partial charge in [-0.15, -0.1) is 36.2 Å². The van der Waals surface area contributed by atoms with Gasteiger partial charge in [0.1, 0.15) is 5.01 Å². The van der Waals surface area contributed by atoms with Gasteiger partial charge in [-0.05, 0) is 13.5 Å². The molecule has 17 heavy (non-hydrogen) atoms. The van der Waals surface area contributed by atoms with Gasteiger partial charge in [0, 0.05) is 17.4 Å². The summed E-state index contributed by atoms with van der Waals surface area (Å²) in [6, 6.07) is 8.44. The minimum Gasteiger partial charge on any atom is -0.330 e. The van der Waals surface area contributed by atoms with E-state index in [1.807, 2.05) is 0 Å². The Morgan fingerprint density at radius 3 is 2.41 bits per heavy atom. The molecule has 0 bridgehead atoms. The highest BCUT2D eigenvalue weighted by atomic mass is 35.5. The van der Waals surface area contributed by atoms with Crippen LogP contribution in [0.15, 0.2) is 29.6 Å². The van der Waals surface area contributed by atoms with Gasteiger partial charge in [-0.25, -0.2) is 4.98 Å². The van der Waals surface area contributed by atoms with Crippen LogP contribution in [0.5, 0.6) is 0 Å². The average Bonchev–Trinajstić information content (AvgIpc) is 2.68. The van der Waals surface area contributed by atoms with E-state index in [1.165, 1.54) is 11.1 Å². The molecule has 0 spiro atoms. The van der Waals surface area contributed by atoms with Gasteiger partial charge in [-0.3, -0.25) is 0 Å². The lowest BCUT2D eigenvalue weighted by Crippen LogP contribution is -2.02. The fourth-order valence-electron chi connectivity index (χ4n) is 1.40. The number of thiazole rings is 1. The topological polar surface area (TPSA) is 38.9 Å². The van der Waals surface area contributed by atoms with Crippen molar-refractivity contribution in [1.29, 1.82) is 0 Å². The second kappa shape index (κ2) is 7.67. The Morgan fingerprint density at radius 2 is 1.82 bits per heavy atom. The molecule has 2 N–H and O–H groups in total. The van der Waals surface area contributed by atoms with Crippen molar-refractivity contribution in [2.75, 3.05) is 6.54 Å².